The van der Waals surface area contributed by atoms with Gasteiger partial charge in [0, 0.05) is 11.6 Å². The molecule has 1 aromatic rings. The Morgan fingerprint density at radius 2 is 1.95 bits per heavy atom. The first kappa shape index (κ1) is 16.8. The van der Waals surface area contributed by atoms with E-state index in [1.54, 1.807) is 12.1 Å². The number of carbonyl (C=O) groups is 2. The van der Waals surface area contributed by atoms with Gasteiger partial charge in [-0.15, -0.1) is 0 Å². The second-order valence-electron chi connectivity index (χ2n) is 5.72. The topological polar surface area (TPSA) is 55.4 Å². The highest BCUT2D eigenvalue weighted by Gasteiger charge is 2.47. The van der Waals surface area contributed by atoms with Crippen molar-refractivity contribution in [2.24, 2.45) is 0 Å². The van der Waals surface area contributed by atoms with Crippen LogP contribution < -0.4 is 5.32 Å². The second-order valence-corrected chi connectivity index (χ2v) is 6.16. The molecule has 1 aliphatic rings. The van der Waals surface area contributed by atoms with Crippen LogP contribution in [0.2, 0.25) is 5.02 Å². The molecule has 120 valence electrons. The van der Waals surface area contributed by atoms with Crippen LogP contribution >= 0.6 is 11.6 Å². The van der Waals surface area contributed by atoms with E-state index in [1.807, 2.05) is 12.1 Å². The third kappa shape index (κ3) is 3.80. The minimum absolute atomic E-state index is 0.210. The average Bonchev–Trinajstić information content (AvgIpc) is 2.46. The van der Waals surface area contributed by atoms with Crippen molar-refractivity contribution in [1.29, 1.82) is 0 Å². The lowest BCUT2D eigenvalue weighted by atomic mass is 9.64. The smallest absolute Gasteiger partial charge is 0.317 e. The Balaban J connectivity index is 1.92. The molecule has 4 nitrogen and oxygen atoms in total. The van der Waals surface area contributed by atoms with E-state index in [0.29, 0.717) is 11.6 Å². The van der Waals surface area contributed by atoms with Crippen LogP contribution in [0.4, 0.5) is 0 Å². The standard InChI is InChI=1S/C17H22ClNO3/c1-2-3-11-19-15(20)12-22-16(21)17(9-4-10-17)13-5-7-14(18)8-6-13/h5-8H,2-4,9-12H2,1H3,(H,19,20). The number of carbonyl (C=O) groups excluding carboxylic acids is 2. The molecule has 1 aromatic carbocycles. The summed E-state index contributed by atoms with van der Waals surface area (Å²) in [5.41, 5.74) is 0.313. The summed E-state index contributed by atoms with van der Waals surface area (Å²) in [5, 5.41) is 3.38. The van der Waals surface area contributed by atoms with Gasteiger partial charge in [0.15, 0.2) is 6.61 Å². The van der Waals surface area contributed by atoms with Gasteiger partial charge in [0.1, 0.15) is 0 Å². The van der Waals surface area contributed by atoms with Crippen molar-refractivity contribution in [3.8, 4) is 0 Å². The van der Waals surface area contributed by atoms with Crippen LogP contribution in [0, 0.1) is 0 Å². The number of halogens is 1. The minimum atomic E-state index is -0.603. The Morgan fingerprint density at radius 1 is 1.27 bits per heavy atom. The van der Waals surface area contributed by atoms with Gasteiger partial charge in [-0.3, -0.25) is 9.59 Å². The van der Waals surface area contributed by atoms with Gasteiger partial charge in [-0.1, -0.05) is 43.5 Å². The number of nitrogens with one attached hydrogen (secondary N) is 1. The van der Waals surface area contributed by atoms with Crippen molar-refractivity contribution in [1.82, 2.24) is 5.32 Å². The Labute approximate surface area is 136 Å². The zero-order valence-electron chi connectivity index (χ0n) is 12.9. The largest absolute Gasteiger partial charge is 0.455 e. The lowest BCUT2D eigenvalue weighted by Gasteiger charge is -2.39. The highest BCUT2D eigenvalue weighted by Crippen LogP contribution is 2.45. The van der Waals surface area contributed by atoms with Gasteiger partial charge >= 0.3 is 5.97 Å². The fraction of sp³-hybridized carbons (Fsp3) is 0.529. The van der Waals surface area contributed by atoms with Crippen molar-refractivity contribution in [3.05, 3.63) is 34.9 Å². The summed E-state index contributed by atoms with van der Waals surface area (Å²) in [5.74, 6) is -0.556. The fourth-order valence-electron chi connectivity index (χ4n) is 2.63. The third-order valence-corrected chi connectivity index (χ3v) is 4.43. The summed E-state index contributed by atoms with van der Waals surface area (Å²) in [6, 6.07) is 7.29. The van der Waals surface area contributed by atoms with Gasteiger partial charge < -0.3 is 10.1 Å². The summed E-state index contributed by atoms with van der Waals surface area (Å²) < 4.78 is 5.24. The highest BCUT2D eigenvalue weighted by atomic mass is 35.5. The maximum absolute atomic E-state index is 12.4. The average molecular weight is 324 g/mol. The number of ether oxygens (including phenoxy) is 1. The van der Waals surface area contributed by atoms with Crippen LogP contribution in [-0.2, 0) is 19.7 Å². The molecule has 0 heterocycles. The van der Waals surface area contributed by atoms with E-state index in [2.05, 4.69) is 12.2 Å². The molecule has 0 aromatic heterocycles. The molecule has 0 aliphatic heterocycles. The maximum atomic E-state index is 12.4. The molecule has 5 heteroatoms. The molecule has 22 heavy (non-hydrogen) atoms. The molecule has 0 bridgehead atoms. The zero-order valence-corrected chi connectivity index (χ0v) is 13.6. The van der Waals surface area contributed by atoms with Crippen molar-refractivity contribution < 1.29 is 14.3 Å². The number of rotatable bonds is 7. The number of benzene rings is 1. The quantitative estimate of drug-likeness (QED) is 0.619. The molecule has 1 aliphatic carbocycles. The van der Waals surface area contributed by atoms with E-state index in [-0.39, 0.29) is 18.5 Å². The first-order chi connectivity index (χ1) is 10.6. The van der Waals surface area contributed by atoms with Crippen LogP contribution in [0.25, 0.3) is 0 Å². The summed E-state index contributed by atoms with van der Waals surface area (Å²) in [7, 11) is 0. The van der Waals surface area contributed by atoms with Crippen LogP contribution in [-0.4, -0.2) is 25.0 Å². The summed E-state index contributed by atoms with van der Waals surface area (Å²) >= 11 is 5.90. The third-order valence-electron chi connectivity index (χ3n) is 4.18. The SMILES string of the molecule is CCCCNC(=O)COC(=O)C1(c2ccc(Cl)cc2)CCC1. The lowest BCUT2D eigenvalue weighted by Crippen LogP contribution is -2.44. The minimum Gasteiger partial charge on any atom is -0.455 e. The van der Waals surface area contributed by atoms with Crippen molar-refractivity contribution in [3.63, 3.8) is 0 Å². The van der Waals surface area contributed by atoms with Crippen LogP contribution in [0.5, 0.6) is 0 Å². The van der Waals surface area contributed by atoms with Crippen molar-refractivity contribution in [2.45, 2.75) is 44.4 Å². The molecule has 2 rings (SSSR count). The Hall–Kier alpha value is -1.55. The molecule has 0 radical (unpaired) electrons. The summed E-state index contributed by atoms with van der Waals surface area (Å²) in [4.78, 5) is 24.1. The predicted molar refractivity (Wildman–Crippen MR) is 85.9 cm³/mol. The predicted octanol–water partition coefficient (Wildman–Crippen LogP) is 3.22. The van der Waals surface area contributed by atoms with Gasteiger partial charge in [0.25, 0.3) is 5.91 Å². The fourth-order valence-corrected chi connectivity index (χ4v) is 2.76. The molecule has 1 N–H and O–H groups in total. The Kier molecular flexibility index (Phi) is 5.83. The van der Waals surface area contributed by atoms with Crippen LogP contribution in [0.1, 0.15) is 44.6 Å². The molecule has 0 saturated heterocycles. The lowest BCUT2D eigenvalue weighted by molar-refractivity contribution is -0.157. The molecule has 0 spiro atoms. The van der Waals surface area contributed by atoms with Gasteiger partial charge in [0.05, 0.1) is 5.41 Å². The van der Waals surface area contributed by atoms with E-state index in [1.165, 1.54) is 0 Å². The Bertz CT molecular complexity index is 523. The number of hydrogen-bond acceptors (Lipinski definition) is 3. The zero-order chi connectivity index (χ0) is 16.0. The summed E-state index contributed by atoms with van der Waals surface area (Å²) in [6.07, 6.45) is 4.43. The van der Waals surface area contributed by atoms with Gasteiger partial charge in [0.2, 0.25) is 0 Å². The van der Waals surface area contributed by atoms with E-state index in [0.717, 1.165) is 37.7 Å². The highest BCUT2D eigenvalue weighted by molar-refractivity contribution is 6.30. The van der Waals surface area contributed by atoms with Crippen molar-refractivity contribution >= 4 is 23.5 Å². The van der Waals surface area contributed by atoms with Crippen LogP contribution in [0.3, 0.4) is 0 Å². The number of unbranched alkanes of at least 4 members (excludes halogenated alkanes) is 1. The number of hydrogen-bond donors (Lipinski definition) is 1. The van der Waals surface area contributed by atoms with Gasteiger partial charge in [-0.2, -0.15) is 0 Å². The van der Waals surface area contributed by atoms with E-state index >= 15 is 0 Å². The van der Waals surface area contributed by atoms with E-state index in [9.17, 15) is 9.59 Å². The van der Waals surface area contributed by atoms with Gasteiger partial charge in [-0.25, -0.2) is 0 Å². The van der Waals surface area contributed by atoms with E-state index in [4.69, 9.17) is 16.3 Å². The molecule has 1 fully saturated rings. The van der Waals surface area contributed by atoms with Crippen molar-refractivity contribution in [2.75, 3.05) is 13.2 Å². The van der Waals surface area contributed by atoms with Gasteiger partial charge in [-0.05, 0) is 37.0 Å². The maximum Gasteiger partial charge on any atom is 0.317 e. The second kappa shape index (κ2) is 7.63. The molecule has 1 saturated carbocycles. The normalized spacial score (nSPS) is 15.7. The monoisotopic (exact) mass is 323 g/mol. The molecule has 1 amide bonds. The Morgan fingerprint density at radius 3 is 2.50 bits per heavy atom. The van der Waals surface area contributed by atoms with E-state index < -0.39 is 5.41 Å². The number of amides is 1. The van der Waals surface area contributed by atoms with Crippen LogP contribution in [0.15, 0.2) is 24.3 Å². The molecular formula is C17H22ClNO3. The first-order valence-corrected chi connectivity index (χ1v) is 8.16. The molecular weight excluding hydrogens is 302 g/mol. The molecule has 0 unspecified atom stereocenters. The number of esters is 1. The summed E-state index contributed by atoms with van der Waals surface area (Å²) in [6.45, 7) is 2.46. The first-order valence-electron chi connectivity index (χ1n) is 7.78. The molecule has 0 atom stereocenters.